The zero-order valence-corrected chi connectivity index (χ0v) is 19.9. The molecule has 2 rings (SSSR count). The molecule has 1 unspecified atom stereocenters. The molecule has 0 aliphatic carbocycles. The number of benzene rings is 2. The molecule has 2 aromatic carbocycles. The van der Waals surface area contributed by atoms with Crippen molar-refractivity contribution in [3.63, 3.8) is 0 Å². The molecule has 0 aromatic heterocycles. The summed E-state index contributed by atoms with van der Waals surface area (Å²) in [7, 11) is -0.441. The molecule has 2 amide bonds. The van der Waals surface area contributed by atoms with Gasteiger partial charge in [0.2, 0.25) is 21.8 Å². The van der Waals surface area contributed by atoms with Crippen molar-refractivity contribution in [1.29, 1.82) is 0 Å². The first-order chi connectivity index (χ1) is 15.0. The predicted octanol–water partition coefficient (Wildman–Crippen LogP) is 2.61. The van der Waals surface area contributed by atoms with Crippen molar-refractivity contribution in [3.8, 4) is 5.75 Å². The van der Waals surface area contributed by atoms with Crippen LogP contribution in [0, 0.1) is 0 Å². The van der Waals surface area contributed by atoms with Gasteiger partial charge in [0.25, 0.3) is 0 Å². The Morgan fingerprint density at radius 3 is 2.12 bits per heavy atom. The van der Waals surface area contributed by atoms with Crippen LogP contribution in [0.25, 0.3) is 0 Å². The van der Waals surface area contributed by atoms with E-state index in [9.17, 15) is 18.0 Å². The minimum Gasteiger partial charge on any atom is -0.497 e. The number of sulfonamides is 1. The van der Waals surface area contributed by atoms with E-state index in [1.807, 2.05) is 13.8 Å². The smallest absolute Gasteiger partial charge is 0.243 e. The molecule has 9 heteroatoms. The van der Waals surface area contributed by atoms with Crippen LogP contribution in [0.4, 0.5) is 0 Å². The fourth-order valence-electron chi connectivity index (χ4n) is 3.02. The molecule has 8 nitrogen and oxygen atoms in total. The molecular formula is C23H31N3O5S. The minimum absolute atomic E-state index is 0.0670. The van der Waals surface area contributed by atoms with E-state index in [1.54, 1.807) is 50.6 Å². The van der Waals surface area contributed by atoms with Crippen LogP contribution >= 0.6 is 0 Å². The molecule has 0 fully saturated rings. The average Bonchev–Trinajstić information content (AvgIpc) is 2.76. The molecule has 0 saturated heterocycles. The number of nitrogens with zero attached hydrogens (tertiary/aromatic N) is 1. The summed E-state index contributed by atoms with van der Waals surface area (Å²) in [6.07, 6.45) is 0.0670. The van der Waals surface area contributed by atoms with Crippen LogP contribution in [-0.4, -0.2) is 44.7 Å². The van der Waals surface area contributed by atoms with Crippen molar-refractivity contribution in [3.05, 3.63) is 59.7 Å². The van der Waals surface area contributed by atoms with E-state index in [0.29, 0.717) is 5.75 Å². The molecule has 2 N–H and O–H groups in total. The van der Waals surface area contributed by atoms with Crippen molar-refractivity contribution in [2.24, 2.45) is 0 Å². The third-order valence-corrected chi connectivity index (χ3v) is 7.15. The second kappa shape index (κ2) is 11.1. The average molecular weight is 462 g/mol. The Morgan fingerprint density at radius 2 is 1.62 bits per heavy atom. The fraction of sp³-hybridized carbons (Fsp3) is 0.391. The minimum atomic E-state index is -3.55. The molecule has 32 heavy (non-hydrogen) atoms. The number of ether oxygens (including phenoxy) is 1. The van der Waals surface area contributed by atoms with Crippen molar-refractivity contribution < 1.29 is 22.7 Å². The Morgan fingerprint density at radius 1 is 1.03 bits per heavy atom. The highest BCUT2D eigenvalue weighted by Gasteiger charge is 2.23. The fourth-order valence-corrected chi connectivity index (χ4v) is 4.38. The number of amides is 2. The van der Waals surface area contributed by atoms with Gasteiger partial charge in [-0.25, -0.2) is 8.42 Å². The van der Waals surface area contributed by atoms with Gasteiger partial charge < -0.3 is 15.4 Å². The maximum atomic E-state index is 12.5. The zero-order chi connectivity index (χ0) is 23.9. The Kier molecular flexibility index (Phi) is 8.80. The molecular weight excluding hydrogens is 430 g/mol. The van der Waals surface area contributed by atoms with Crippen LogP contribution < -0.4 is 15.4 Å². The summed E-state index contributed by atoms with van der Waals surface area (Å²) >= 11 is 0. The summed E-state index contributed by atoms with van der Waals surface area (Å²) in [5.41, 5.74) is 1.56. The Bertz CT molecular complexity index is 1020. The summed E-state index contributed by atoms with van der Waals surface area (Å²) < 4.78 is 31.6. The lowest BCUT2D eigenvalue weighted by atomic mass is 10.0. The molecule has 174 valence electrons. The highest BCUT2D eigenvalue weighted by Crippen LogP contribution is 2.21. The summed E-state index contributed by atoms with van der Waals surface area (Å²) in [5.74, 6) is 0.211. The first-order valence-electron chi connectivity index (χ1n) is 10.3. The Hall–Kier alpha value is -2.91. The van der Waals surface area contributed by atoms with Crippen molar-refractivity contribution in [1.82, 2.24) is 14.9 Å². The molecule has 0 heterocycles. The lowest BCUT2D eigenvalue weighted by Crippen LogP contribution is -2.33. The normalized spacial score (nSPS) is 12.5. The number of methoxy groups -OCH3 is 1. The highest BCUT2D eigenvalue weighted by atomic mass is 32.2. The van der Waals surface area contributed by atoms with Gasteiger partial charge in [0.1, 0.15) is 5.75 Å². The molecule has 1 atom stereocenters. The van der Waals surface area contributed by atoms with E-state index in [4.69, 9.17) is 4.74 Å². The van der Waals surface area contributed by atoms with E-state index in [0.717, 1.165) is 11.1 Å². The van der Waals surface area contributed by atoms with Gasteiger partial charge in [-0.15, -0.1) is 0 Å². The number of nitrogens with one attached hydrogen (secondary N) is 2. The lowest BCUT2D eigenvalue weighted by Gasteiger charge is -2.21. The third kappa shape index (κ3) is 6.80. The second-order valence-corrected chi connectivity index (χ2v) is 9.76. The summed E-state index contributed by atoms with van der Waals surface area (Å²) in [5, 5.41) is 5.61. The lowest BCUT2D eigenvalue weighted by molar-refractivity contribution is -0.122. The molecule has 0 bridgehead atoms. The number of carbonyl (C=O) groups excluding carboxylic acids is 2. The van der Waals surface area contributed by atoms with Gasteiger partial charge in [-0.2, -0.15) is 4.31 Å². The second-order valence-electron chi connectivity index (χ2n) is 7.77. The van der Waals surface area contributed by atoms with Crippen LogP contribution in [-0.2, 0) is 26.2 Å². The van der Waals surface area contributed by atoms with E-state index >= 15 is 0 Å². The van der Waals surface area contributed by atoms with Gasteiger partial charge in [-0.1, -0.05) is 24.3 Å². The van der Waals surface area contributed by atoms with Crippen LogP contribution in [0.15, 0.2) is 53.4 Å². The van der Waals surface area contributed by atoms with Crippen LogP contribution in [0.1, 0.15) is 44.4 Å². The van der Waals surface area contributed by atoms with Gasteiger partial charge >= 0.3 is 0 Å². The quantitative estimate of drug-likeness (QED) is 0.566. The zero-order valence-electron chi connectivity index (χ0n) is 19.1. The van der Waals surface area contributed by atoms with Gasteiger partial charge in [-0.05, 0) is 49.2 Å². The summed E-state index contributed by atoms with van der Waals surface area (Å²) in [6.45, 7) is 5.26. The molecule has 0 spiro atoms. The SMILES string of the molecule is COc1ccc(C(CC(=O)NCc2ccc(S(=O)(=O)N(C)C(C)C)cc2)NC(C)=O)cc1. The highest BCUT2D eigenvalue weighted by molar-refractivity contribution is 7.89. The van der Waals surface area contributed by atoms with Crippen LogP contribution in [0.5, 0.6) is 5.75 Å². The number of rotatable bonds is 10. The van der Waals surface area contributed by atoms with Gasteiger partial charge in [0.15, 0.2) is 0 Å². The number of carbonyl (C=O) groups is 2. The van der Waals surface area contributed by atoms with Crippen molar-refractivity contribution in [2.45, 2.75) is 50.7 Å². The maximum Gasteiger partial charge on any atom is 0.243 e. The van der Waals surface area contributed by atoms with E-state index in [2.05, 4.69) is 10.6 Å². The van der Waals surface area contributed by atoms with Gasteiger partial charge in [-0.3, -0.25) is 9.59 Å². The summed E-state index contributed by atoms with van der Waals surface area (Å²) in [6, 6.07) is 13.0. The standard InChI is InChI=1S/C23H31N3O5S/c1-16(2)26(4)32(29,30)21-12-6-18(7-13-21)15-24-23(28)14-22(25-17(3)27)19-8-10-20(31-5)11-9-19/h6-13,16,22H,14-15H2,1-5H3,(H,24,28)(H,25,27). The summed E-state index contributed by atoms with van der Waals surface area (Å²) in [4.78, 5) is 24.3. The molecule has 0 aliphatic heterocycles. The maximum absolute atomic E-state index is 12.5. The van der Waals surface area contributed by atoms with E-state index in [-0.39, 0.29) is 35.7 Å². The van der Waals surface area contributed by atoms with Gasteiger partial charge in [0.05, 0.1) is 24.5 Å². The largest absolute Gasteiger partial charge is 0.497 e. The Labute approximate surface area is 190 Å². The van der Waals surface area contributed by atoms with E-state index in [1.165, 1.54) is 23.4 Å². The number of hydrogen-bond acceptors (Lipinski definition) is 5. The molecule has 0 radical (unpaired) electrons. The molecule has 2 aromatic rings. The molecule has 0 saturated carbocycles. The van der Waals surface area contributed by atoms with Crippen LogP contribution in [0.3, 0.4) is 0 Å². The monoisotopic (exact) mass is 461 g/mol. The molecule has 0 aliphatic rings. The topological polar surface area (TPSA) is 105 Å². The number of hydrogen-bond donors (Lipinski definition) is 2. The van der Waals surface area contributed by atoms with Crippen molar-refractivity contribution >= 4 is 21.8 Å². The third-order valence-electron chi connectivity index (χ3n) is 5.10. The van der Waals surface area contributed by atoms with Crippen LogP contribution in [0.2, 0.25) is 0 Å². The van der Waals surface area contributed by atoms with Gasteiger partial charge in [0, 0.05) is 26.6 Å². The van der Waals surface area contributed by atoms with Crippen molar-refractivity contribution in [2.75, 3.05) is 14.2 Å². The first kappa shape index (κ1) is 25.4. The Balaban J connectivity index is 2.01. The first-order valence-corrected chi connectivity index (χ1v) is 11.7. The van der Waals surface area contributed by atoms with E-state index < -0.39 is 16.1 Å². The predicted molar refractivity (Wildman–Crippen MR) is 123 cm³/mol.